The van der Waals surface area contributed by atoms with Crippen LogP contribution in [0.5, 0.6) is 5.75 Å². The van der Waals surface area contributed by atoms with E-state index in [1.54, 1.807) is 7.11 Å². The van der Waals surface area contributed by atoms with Crippen LogP contribution >= 0.6 is 11.6 Å². The zero-order valence-electron chi connectivity index (χ0n) is 11.2. The molecular weight excluding hydrogens is 340 g/mol. The van der Waals surface area contributed by atoms with Gasteiger partial charge in [0.05, 0.1) is 12.1 Å². The Morgan fingerprint density at radius 2 is 1.80 bits per heavy atom. The van der Waals surface area contributed by atoms with Crippen molar-refractivity contribution >= 4 is 17.2 Å². The van der Waals surface area contributed by atoms with Crippen LogP contribution in [0.4, 0.5) is 0 Å². The van der Waals surface area contributed by atoms with Gasteiger partial charge in [0.1, 0.15) is 11.9 Å². The van der Waals surface area contributed by atoms with E-state index in [-0.39, 0.29) is 17.0 Å². The van der Waals surface area contributed by atoms with E-state index in [9.17, 15) is 0 Å². The van der Waals surface area contributed by atoms with Crippen LogP contribution in [0.15, 0.2) is 42.6 Å². The topological polar surface area (TPSA) is 29.1 Å². The molecule has 0 aliphatic rings. The van der Waals surface area contributed by atoms with Crippen LogP contribution in [0.25, 0.3) is 16.9 Å². The zero-order chi connectivity index (χ0) is 13.4. The molecule has 3 rings (SSSR count). The van der Waals surface area contributed by atoms with Gasteiger partial charge in [-0.2, -0.15) is 4.40 Å². The van der Waals surface area contributed by atoms with E-state index in [0.29, 0.717) is 0 Å². The maximum absolute atomic E-state index is 6.03. The summed E-state index contributed by atoms with van der Waals surface area (Å²) < 4.78 is 7.23. The third kappa shape index (κ3) is 2.53. The fourth-order valence-electron chi connectivity index (χ4n) is 2.23. The molecule has 1 N–H and O–H groups in total. The molecule has 0 aliphatic heterocycles. The van der Waals surface area contributed by atoms with Gasteiger partial charge in [0.2, 0.25) is 0 Å². The molecule has 0 atom stereocenters. The lowest BCUT2D eigenvalue weighted by Crippen LogP contribution is -3.00. The van der Waals surface area contributed by atoms with Crippen molar-refractivity contribution in [1.29, 1.82) is 0 Å². The second kappa shape index (κ2) is 5.85. The molecule has 2 aromatic heterocycles. The first-order chi connectivity index (χ1) is 9.19. The molecule has 5 heteroatoms. The van der Waals surface area contributed by atoms with Crippen LogP contribution in [-0.2, 0) is 0 Å². The summed E-state index contributed by atoms with van der Waals surface area (Å²) in [5.74, 6) is 0.855. The van der Waals surface area contributed by atoms with Crippen LogP contribution < -0.4 is 26.1 Å². The maximum atomic E-state index is 6.03. The van der Waals surface area contributed by atoms with Crippen LogP contribution in [0.1, 0.15) is 5.69 Å². The van der Waals surface area contributed by atoms with Gasteiger partial charge in [0.25, 0.3) is 5.65 Å². The summed E-state index contributed by atoms with van der Waals surface area (Å²) >= 11 is 6.03. The molecule has 0 spiro atoms. The minimum atomic E-state index is 0. The van der Waals surface area contributed by atoms with Gasteiger partial charge in [-0.05, 0) is 30.3 Å². The Labute approximate surface area is 132 Å². The monoisotopic (exact) mass is 352 g/mol. The van der Waals surface area contributed by atoms with Crippen LogP contribution in [0, 0.1) is 6.92 Å². The lowest BCUT2D eigenvalue weighted by Gasteiger charge is -1.99. The van der Waals surface area contributed by atoms with E-state index >= 15 is 0 Å². The van der Waals surface area contributed by atoms with Gasteiger partial charge in [-0.3, -0.25) is 0 Å². The van der Waals surface area contributed by atoms with Gasteiger partial charge in [0.15, 0.2) is 11.4 Å². The summed E-state index contributed by atoms with van der Waals surface area (Å²) in [7, 11) is 1.67. The van der Waals surface area contributed by atoms with Crippen molar-refractivity contribution in [2.24, 2.45) is 0 Å². The van der Waals surface area contributed by atoms with Crippen molar-refractivity contribution in [2.75, 3.05) is 7.11 Å². The fraction of sp³-hybridized carbons (Fsp3) is 0.133. The molecule has 0 bridgehead atoms. The Balaban J connectivity index is 0.00000147. The summed E-state index contributed by atoms with van der Waals surface area (Å²) in [5, 5.41) is 0.723. The lowest BCUT2D eigenvalue weighted by molar-refractivity contribution is -0.517. The van der Waals surface area contributed by atoms with Crippen molar-refractivity contribution in [1.82, 2.24) is 4.98 Å². The number of hydrogen-bond acceptors (Lipinski definition) is 1. The number of methoxy groups -OCH3 is 1. The molecule has 3 nitrogen and oxygen atoms in total. The summed E-state index contributed by atoms with van der Waals surface area (Å²) in [4.78, 5) is 3.41. The average molecular weight is 354 g/mol. The van der Waals surface area contributed by atoms with Crippen LogP contribution in [0.3, 0.4) is 0 Å². The number of benzene rings is 1. The number of aromatic amines is 1. The molecule has 0 saturated heterocycles. The van der Waals surface area contributed by atoms with E-state index in [4.69, 9.17) is 16.3 Å². The van der Waals surface area contributed by atoms with E-state index in [2.05, 4.69) is 16.3 Å². The van der Waals surface area contributed by atoms with Crippen molar-refractivity contribution in [3.05, 3.63) is 53.3 Å². The molecule has 0 radical (unpaired) electrons. The van der Waals surface area contributed by atoms with Gasteiger partial charge in [-0.15, -0.1) is 0 Å². The Kier molecular flexibility index (Phi) is 4.35. The highest BCUT2D eigenvalue weighted by Gasteiger charge is 2.17. The third-order valence-electron chi connectivity index (χ3n) is 3.27. The first-order valence-electron chi connectivity index (χ1n) is 6.03. The number of halogens is 2. The molecule has 0 unspecified atom stereocenters. The highest BCUT2D eigenvalue weighted by molar-refractivity contribution is 6.30. The lowest BCUT2D eigenvalue weighted by atomic mass is 10.1. The van der Waals surface area contributed by atoms with Gasteiger partial charge in [-0.25, -0.2) is 4.98 Å². The third-order valence-corrected chi connectivity index (χ3v) is 3.49. The number of imidazole rings is 1. The molecule has 3 aromatic rings. The highest BCUT2D eigenvalue weighted by Crippen LogP contribution is 2.23. The number of rotatable bonds is 2. The molecule has 0 saturated carbocycles. The normalized spacial score (nSPS) is 10.3. The first-order valence-corrected chi connectivity index (χ1v) is 6.41. The highest BCUT2D eigenvalue weighted by atomic mass is 79.9. The second-order valence-corrected chi connectivity index (χ2v) is 4.85. The summed E-state index contributed by atoms with van der Waals surface area (Å²) in [6, 6.07) is 11.8. The SMILES string of the molecule is COc1ccc(-c2[nH]c3ccc(Cl)c[n+]3c2C)cc1.[Br-]. The van der Waals surface area contributed by atoms with E-state index < -0.39 is 0 Å². The summed E-state index contributed by atoms with van der Waals surface area (Å²) in [5.41, 5.74) is 4.36. The summed E-state index contributed by atoms with van der Waals surface area (Å²) in [6.07, 6.45) is 1.91. The zero-order valence-corrected chi connectivity index (χ0v) is 13.5. The maximum Gasteiger partial charge on any atom is 0.284 e. The van der Waals surface area contributed by atoms with Gasteiger partial charge >= 0.3 is 0 Å². The number of aryl methyl sites for hydroxylation is 1. The Hall–Kier alpha value is -1.52. The quantitative estimate of drug-likeness (QED) is 0.664. The van der Waals surface area contributed by atoms with Crippen molar-refractivity contribution in [3.63, 3.8) is 0 Å². The standard InChI is InChI=1S/C15H13ClN2O.BrH/c1-10-15(11-3-6-13(19-2)7-4-11)17-14-8-5-12(16)9-18(10)14;/h3-9H,1-2H3;1H. The minimum Gasteiger partial charge on any atom is -1.00 e. The largest absolute Gasteiger partial charge is 1.00 e. The molecule has 20 heavy (non-hydrogen) atoms. The van der Waals surface area contributed by atoms with Crippen LogP contribution in [0.2, 0.25) is 5.02 Å². The molecule has 0 aliphatic carbocycles. The molecule has 2 heterocycles. The summed E-state index contributed by atoms with van der Waals surface area (Å²) in [6.45, 7) is 2.07. The minimum absolute atomic E-state index is 0. The average Bonchev–Trinajstić information content (AvgIpc) is 2.76. The smallest absolute Gasteiger partial charge is 0.284 e. The van der Waals surface area contributed by atoms with Gasteiger partial charge in [-0.1, -0.05) is 11.6 Å². The predicted molar refractivity (Wildman–Crippen MR) is 75.7 cm³/mol. The Morgan fingerprint density at radius 3 is 2.45 bits per heavy atom. The molecule has 1 aromatic carbocycles. The molecule has 0 fully saturated rings. The predicted octanol–water partition coefficient (Wildman–Crippen LogP) is 0.395. The van der Waals surface area contributed by atoms with E-state index in [0.717, 1.165) is 33.4 Å². The Bertz CT molecular complexity index is 737. The first kappa shape index (κ1) is 14.9. The number of pyridine rings is 1. The number of ether oxygens (including phenoxy) is 1. The number of hydrogen-bond donors (Lipinski definition) is 1. The molecule has 104 valence electrons. The number of aromatic nitrogens is 2. The number of nitrogens with zero attached hydrogens (tertiary/aromatic N) is 1. The van der Waals surface area contributed by atoms with Crippen molar-refractivity contribution in [3.8, 4) is 17.0 Å². The van der Waals surface area contributed by atoms with Crippen LogP contribution in [-0.4, -0.2) is 12.1 Å². The molecule has 0 amide bonds. The van der Waals surface area contributed by atoms with E-state index in [1.165, 1.54) is 0 Å². The van der Waals surface area contributed by atoms with E-state index in [1.807, 2.05) is 42.6 Å². The Morgan fingerprint density at radius 1 is 1.10 bits per heavy atom. The number of fused-ring (bicyclic) bond motifs is 1. The fourth-order valence-corrected chi connectivity index (χ4v) is 2.39. The van der Waals surface area contributed by atoms with Gasteiger partial charge in [0, 0.05) is 18.6 Å². The number of H-pyrrole nitrogens is 1. The molecular formula is C15H14BrClN2O. The van der Waals surface area contributed by atoms with Crippen molar-refractivity contribution < 1.29 is 26.1 Å². The number of nitrogens with one attached hydrogen (secondary N) is 1. The second-order valence-electron chi connectivity index (χ2n) is 4.42. The van der Waals surface area contributed by atoms with Gasteiger partial charge < -0.3 is 21.7 Å². The van der Waals surface area contributed by atoms with Crippen molar-refractivity contribution in [2.45, 2.75) is 6.92 Å².